The molecule has 1 aromatic rings. The van der Waals surface area contributed by atoms with E-state index in [0.29, 0.717) is 19.3 Å². The summed E-state index contributed by atoms with van der Waals surface area (Å²) >= 11 is 0. The third-order valence-corrected chi connectivity index (χ3v) is 3.35. The summed E-state index contributed by atoms with van der Waals surface area (Å²) in [6.07, 6.45) is -3.11. The van der Waals surface area contributed by atoms with Crippen molar-refractivity contribution < 1.29 is 28.1 Å². The van der Waals surface area contributed by atoms with Crippen molar-refractivity contribution in [1.29, 1.82) is 0 Å². The Morgan fingerprint density at radius 2 is 1.62 bits per heavy atom. The third-order valence-electron chi connectivity index (χ3n) is 3.35. The quantitative estimate of drug-likeness (QED) is 0.689. The van der Waals surface area contributed by atoms with E-state index in [1.165, 1.54) is 0 Å². The van der Waals surface area contributed by atoms with Crippen LogP contribution in [-0.2, 0) is 11.2 Å². The number of ether oxygens (including phenoxy) is 1. The first-order valence-corrected chi connectivity index (χ1v) is 6.81. The molecule has 0 heterocycles. The number of aliphatic hydroxyl groups excluding tert-OH is 2. The molecule has 0 aliphatic carbocycles. The normalized spacial score (nSPS) is 12.6. The molecule has 3 nitrogen and oxygen atoms in total. The van der Waals surface area contributed by atoms with Gasteiger partial charge in [0.1, 0.15) is 6.61 Å². The van der Waals surface area contributed by atoms with Crippen LogP contribution in [0.2, 0.25) is 0 Å². The molecule has 0 saturated heterocycles. The molecule has 0 spiro atoms. The molecule has 2 N–H and O–H groups in total. The summed E-state index contributed by atoms with van der Waals surface area (Å²) in [5.41, 5.74) is 0.236. The second-order valence-corrected chi connectivity index (χ2v) is 5.25. The highest BCUT2D eigenvalue weighted by Crippen LogP contribution is 2.28. The molecule has 0 atom stereocenters. The number of alkyl halides is 3. The Morgan fingerprint density at radius 3 is 2.14 bits per heavy atom. The predicted molar refractivity (Wildman–Crippen MR) is 72.9 cm³/mol. The second-order valence-electron chi connectivity index (χ2n) is 5.25. The van der Waals surface area contributed by atoms with Crippen molar-refractivity contribution in [3.05, 3.63) is 35.9 Å². The molecule has 1 aromatic carbocycles. The van der Waals surface area contributed by atoms with Gasteiger partial charge in [-0.2, -0.15) is 13.2 Å². The average molecular weight is 306 g/mol. The van der Waals surface area contributed by atoms with Crippen molar-refractivity contribution in [3.63, 3.8) is 0 Å². The van der Waals surface area contributed by atoms with Crippen LogP contribution in [0.5, 0.6) is 0 Å². The zero-order chi connectivity index (χ0) is 15.8. The molecule has 0 aromatic heterocycles. The van der Waals surface area contributed by atoms with Gasteiger partial charge in [0.05, 0.1) is 13.2 Å². The van der Waals surface area contributed by atoms with E-state index in [1.54, 1.807) is 0 Å². The van der Waals surface area contributed by atoms with Crippen molar-refractivity contribution in [1.82, 2.24) is 0 Å². The van der Waals surface area contributed by atoms with Gasteiger partial charge in [0.25, 0.3) is 0 Å². The highest BCUT2D eigenvalue weighted by Gasteiger charge is 2.30. The Labute approximate surface area is 122 Å². The van der Waals surface area contributed by atoms with Crippen LogP contribution in [0.4, 0.5) is 13.2 Å². The molecule has 21 heavy (non-hydrogen) atoms. The first-order valence-electron chi connectivity index (χ1n) is 6.81. The highest BCUT2D eigenvalue weighted by atomic mass is 19.4. The molecule has 0 bridgehead atoms. The lowest BCUT2D eigenvalue weighted by Gasteiger charge is -2.30. The fourth-order valence-electron chi connectivity index (χ4n) is 2.17. The van der Waals surface area contributed by atoms with Gasteiger partial charge in [0.15, 0.2) is 0 Å². The van der Waals surface area contributed by atoms with Crippen LogP contribution in [-0.4, -0.2) is 42.8 Å². The summed E-state index contributed by atoms with van der Waals surface area (Å²) in [7, 11) is 0. The lowest BCUT2D eigenvalue weighted by atomic mass is 9.79. The van der Waals surface area contributed by atoms with Crippen molar-refractivity contribution >= 4 is 0 Å². The summed E-state index contributed by atoms with van der Waals surface area (Å²) in [5, 5.41) is 19.1. The van der Waals surface area contributed by atoms with Gasteiger partial charge >= 0.3 is 6.18 Å². The minimum Gasteiger partial charge on any atom is -0.396 e. The van der Waals surface area contributed by atoms with Gasteiger partial charge < -0.3 is 14.9 Å². The number of aliphatic hydroxyl groups is 2. The molecule has 0 aliphatic heterocycles. The zero-order valence-corrected chi connectivity index (χ0v) is 11.8. The van der Waals surface area contributed by atoms with Crippen LogP contribution in [0.15, 0.2) is 30.3 Å². The number of hydrogen-bond acceptors (Lipinski definition) is 3. The van der Waals surface area contributed by atoms with Crippen molar-refractivity contribution in [2.45, 2.75) is 25.4 Å². The first-order chi connectivity index (χ1) is 9.91. The van der Waals surface area contributed by atoms with E-state index in [4.69, 9.17) is 0 Å². The van der Waals surface area contributed by atoms with Crippen molar-refractivity contribution in [2.24, 2.45) is 5.41 Å². The summed E-state index contributed by atoms with van der Waals surface area (Å²) in [5.74, 6) is 0. The standard InChI is InChI=1S/C15H21F3O3/c16-15(17,18)12-21-8-4-7-14(10-19,11-20)9-13-5-2-1-3-6-13/h1-3,5-6,19-20H,4,7-12H2. The van der Waals surface area contributed by atoms with Gasteiger partial charge in [-0.25, -0.2) is 0 Å². The molecule has 1 rings (SSSR count). The Balaban J connectivity index is 2.45. The zero-order valence-electron chi connectivity index (χ0n) is 11.8. The first kappa shape index (κ1) is 17.9. The van der Waals surface area contributed by atoms with Gasteiger partial charge in [0.2, 0.25) is 0 Å². The fraction of sp³-hybridized carbons (Fsp3) is 0.600. The van der Waals surface area contributed by atoms with Crippen LogP contribution in [0.25, 0.3) is 0 Å². The highest BCUT2D eigenvalue weighted by molar-refractivity contribution is 5.16. The maximum Gasteiger partial charge on any atom is 0.411 e. The van der Waals surface area contributed by atoms with E-state index >= 15 is 0 Å². The summed E-state index contributed by atoms with van der Waals surface area (Å²) in [4.78, 5) is 0. The van der Waals surface area contributed by atoms with E-state index in [1.807, 2.05) is 30.3 Å². The fourth-order valence-corrected chi connectivity index (χ4v) is 2.17. The van der Waals surface area contributed by atoms with E-state index < -0.39 is 18.2 Å². The molecule has 120 valence electrons. The van der Waals surface area contributed by atoms with Crippen LogP contribution in [0, 0.1) is 5.41 Å². The van der Waals surface area contributed by atoms with E-state index in [0.717, 1.165) is 5.56 Å². The molecule has 0 fully saturated rings. The average Bonchev–Trinajstić information content (AvgIpc) is 2.45. The largest absolute Gasteiger partial charge is 0.411 e. The number of rotatable bonds is 9. The van der Waals surface area contributed by atoms with E-state index in [-0.39, 0.29) is 19.8 Å². The maximum atomic E-state index is 11.9. The van der Waals surface area contributed by atoms with Crippen LogP contribution in [0.3, 0.4) is 0 Å². The Kier molecular flexibility index (Phi) is 7.14. The second kappa shape index (κ2) is 8.36. The molecular formula is C15H21F3O3. The van der Waals surface area contributed by atoms with Gasteiger partial charge in [-0.1, -0.05) is 30.3 Å². The van der Waals surface area contributed by atoms with Crippen LogP contribution >= 0.6 is 0 Å². The van der Waals surface area contributed by atoms with Gasteiger partial charge in [-0.05, 0) is 24.8 Å². The van der Waals surface area contributed by atoms with Crippen LogP contribution in [0.1, 0.15) is 18.4 Å². The minimum atomic E-state index is -4.32. The summed E-state index contributed by atoms with van der Waals surface area (Å²) in [6.45, 7) is -1.76. The summed E-state index contributed by atoms with van der Waals surface area (Å²) in [6, 6.07) is 9.37. The SMILES string of the molecule is OCC(CO)(CCCOCC(F)(F)F)Cc1ccccc1. The Hall–Kier alpha value is -1.11. The van der Waals surface area contributed by atoms with Crippen molar-refractivity contribution in [2.75, 3.05) is 26.4 Å². The third kappa shape index (κ3) is 6.93. The number of benzene rings is 1. The topological polar surface area (TPSA) is 49.7 Å². The van der Waals surface area contributed by atoms with Gasteiger partial charge in [-0.3, -0.25) is 0 Å². The van der Waals surface area contributed by atoms with Gasteiger partial charge in [-0.15, -0.1) is 0 Å². The Morgan fingerprint density at radius 1 is 1.00 bits per heavy atom. The summed E-state index contributed by atoms with van der Waals surface area (Å²) < 4.78 is 40.3. The minimum absolute atomic E-state index is 0.0456. The van der Waals surface area contributed by atoms with Crippen LogP contribution < -0.4 is 0 Å². The molecule has 0 amide bonds. The lowest BCUT2D eigenvalue weighted by Crippen LogP contribution is -2.33. The monoisotopic (exact) mass is 306 g/mol. The molecule has 0 unspecified atom stereocenters. The van der Waals surface area contributed by atoms with E-state index in [9.17, 15) is 23.4 Å². The molecular weight excluding hydrogens is 285 g/mol. The molecule has 0 radical (unpaired) electrons. The molecule has 0 saturated carbocycles. The maximum absolute atomic E-state index is 11.9. The molecule has 0 aliphatic rings. The number of halogens is 3. The predicted octanol–water partition coefficient (Wildman–Crippen LogP) is 2.56. The smallest absolute Gasteiger partial charge is 0.396 e. The van der Waals surface area contributed by atoms with Crippen molar-refractivity contribution in [3.8, 4) is 0 Å². The lowest BCUT2D eigenvalue weighted by molar-refractivity contribution is -0.174. The molecule has 6 heteroatoms. The Bertz CT molecular complexity index is 389. The van der Waals surface area contributed by atoms with E-state index in [2.05, 4.69) is 4.74 Å². The van der Waals surface area contributed by atoms with Gasteiger partial charge in [0, 0.05) is 12.0 Å². The number of hydrogen-bond donors (Lipinski definition) is 2.